The Kier molecular flexibility index (Phi) is 3.46. The highest BCUT2D eigenvalue weighted by Crippen LogP contribution is 2.29. The molecule has 0 unspecified atom stereocenters. The van der Waals surface area contributed by atoms with Gasteiger partial charge >= 0.3 is 0 Å². The first-order valence-electron chi connectivity index (χ1n) is 6.92. The van der Waals surface area contributed by atoms with Crippen molar-refractivity contribution in [1.29, 1.82) is 0 Å². The van der Waals surface area contributed by atoms with E-state index in [4.69, 9.17) is 4.42 Å². The molecular weight excluding hydrogens is 252 g/mol. The summed E-state index contributed by atoms with van der Waals surface area (Å²) < 4.78 is 5.55. The number of furan rings is 1. The van der Waals surface area contributed by atoms with E-state index in [0.29, 0.717) is 13.0 Å². The number of benzene rings is 1. The van der Waals surface area contributed by atoms with Crippen LogP contribution in [0.3, 0.4) is 0 Å². The summed E-state index contributed by atoms with van der Waals surface area (Å²) in [6.07, 6.45) is 1.58. The van der Waals surface area contributed by atoms with Gasteiger partial charge in [0.25, 0.3) is 0 Å². The Balaban J connectivity index is 1.77. The molecule has 3 rings (SSSR count). The van der Waals surface area contributed by atoms with Gasteiger partial charge in [0, 0.05) is 13.0 Å². The zero-order chi connectivity index (χ0) is 13.9. The molecule has 1 aromatic heterocycles. The van der Waals surface area contributed by atoms with Crippen molar-refractivity contribution < 1.29 is 9.21 Å². The molecule has 2 heterocycles. The van der Waals surface area contributed by atoms with Gasteiger partial charge in [0.15, 0.2) is 0 Å². The van der Waals surface area contributed by atoms with Crippen LogP contribution in [0.5, 0.6) is 0 Å². The van der Waals surface area contributed by atoms with E-state index in [1.54, 1.807) is 0 Å². The van der Waals surface area contributed by atoms with E-state index in [1.165, 1.54) is 0 Å². The molecule has 1 saturated heterocycles. The van der Waals surface area contributed by atoms with Crippen LogP contribution < -0.4 is 10.2 Å². The van der Waals surface area contributed by atoms with Gasteiger partial charge in [-0.25, -0.2) is 0 Å². The summed E-state index contributed by atoms with van der Waals surface area (Å²) in [7, 11) is 0. The predicted octanol–water partition coefficient (Wildman–Crippen LogP) is 3.33. The first-order valence-corrected chi connectivity index (χ1v) is 6.92. The van der Waals surface area contributed by atoms with Crippen molar-refractivity contribution in [2.24, 2.45) is 0 Å². The van der Waals surface area contributed by atoms with Crippen molar-refractivity contribution in [3.8, 4) is 0 Å². The maximum Gasteiger partial charge on any atom is 0.227 e. The highest BCUT2D eigenvalue weighted by Gasteiger charge is 2.23. The number of carbonyl (C=O) groups is 1. The molecule has 0 radical (unpaired) electrons. The van der Waals surface area contributed by atoms with Crippen LogP contribution in [-0.4, -0.2) is 12.5 Å². The van der Waals surface area contributed by atoms with E-state index in [9.17, 15) is 4.79 Å². The number of rotatable bonds is 4. The minimum absolute atomic E-state index is 0.202. The summed E-state index contributed by atoms with van der Waals surface area (Å²) in [4.78, 5) is 13.7. The van der Waals surface area contributed by atoms with Gasteiger partial charge in [0.05, 0.1) is 17.9 Å². The average molecular weight is 270 g/mol. The quantitative estimate of drug-likeness (QED) is 0.927. The molecule has 0 aliphatic carbocycles. The van der Waals surface area contributed by atoms with Crippen LogP contribution in [0.15, 0.2) is 40.8 Å². The van der Waals surface area contributed by atoms with Crippen LogP contribution in [-0.2, 0) is 11.3 Å². The smallest absolute Gasteiger partial charge is 0.227 e. The lowest BCUT2D eigenvalue weighted by Gasteiger charge is -2.20. The van der Waals surface area contributed by atoms with Gasteiger partial charge in [-0.15, -0.1) is 0 Å². The van der Waals surface area contributed by atoms with E-state index in [0.717, 1.165) is 35.9 Å². The van der Waals surface area contributed by atoms with Gasteiger partial charge in [-0.05, 0) is 37.6 Å². The Morgan fingerprint density at radius 3 is 2.80 bits per heavy atom. The van der Waals surface area contributed by atoms with E-state index in [-0.39, 0.29) is 5.91 Å². The molecule has 0 bridgehead atoms. The standard InChI is InChI=1S/C16H18N2O2/c1-12-8-9-13(20-12)11-17-14-5-2-3-6-15(14)18-10-4-7-16(18)19/h2-3,5-6,8-9,17H,4,7,10-11H2,1H3. The first-order chi connectivity index (χ1) is 9.74. The number of carbonyl (C=O) groups excluding carboxylic acids is 1. The SMILES string of the molecule is Cc1ccc(CNc2ccccc2N2CCCC2=O)o1. The van der Waals surface area contributed by atoms with Crippen molar-refractivity contribution in [1.82, 2.24) is 0 Å². The fraction of sp³-hybridized carbons (Fsp3) is 0.312. The van der Waals surface area contributed by atoms with E-state index >= 15 is 0 Å². The second kappa shape index (κ2) is 5.41. The van der Waals surface area contributed by atoms with Crippen molar-refractivity contribution in [2.75, 3.05) is 16.8 Å². The highest BCUT2D eigenvalue weighted by atomic mass is 16.3. The van der Waals surface area contributed by atoms with Crippen LogP contribution in [0.1, 0.15) is 24.4 Å². The molecule has 104 valence electrons. The van der Waals surface area contributed by atoms with Gasteiger partial charge < -0.3 is 14.6 Å². The summed E-state index contributed by atoms with van der Waals surface area (Å²) in [6, 6.07) is 11.8. The summed E-state index contributed by atoms with van der Waals surface area (Å²) in [6.45, 7) is 3.35. The maximum atomic E-state index is 11.9. The maximum absolute atomic E-state index is 11.9. The molecule has 1 N–H and O–H groups in total. The van der Waals surface area contributed by atoms with Crippen molar-refractivity contribution in [2.45, 2.75) is 26.3 Å². The first kappa shape index (κ1) is 12.8. The Bertz CT molecular complexity index is 618. The lowest BCUT2D eigenvalue weighted by molar-refractivity contribution is -0.117. The molecule has 1 aliphatic rings. The van der Waals surface area contributed by atoms with Crippen LogP contribution in [0.2, 0.25) is 0 Å². The number of hydrogen-bond acceptors (Lipinski definition) is 3. The van der Waals surface area contributed by atoms with Crippen LogP contribution in [0.4, 0.5) is 11.4 Å². The zero-order valence-corrected chi connectivity index (χ0v) is 11.6. The van der Waals surface area contributed by atoms with Crippen molar-refractivity contribution in [3.63, 3.8) is 0 Å². The predicted molar refractivity (Wildman–Crippen MR) is 78.8 cm³/mol. The molecule has 4 nitrogen and oxygen atoms in total. The number of amides is 1. The van der Waals surface area contributed by atoms with Gasteiger partial charge in [0.1, 0.15) is 11.5 Å². The highest BCUT2D eigenvalue weighted by molar-refractivity contribution is 5.98. The third-order valence-electron chi connectivity index (χ3n) is 3.52. The summed E-state index contributed by atoms with van der Waals surface area (Å²) in [5.41, 5.74) is 1.93. The minimum Gasteiger partial charge on any atom is -0.465 e. The fourth-order valence-corrected chi connectivity index (χ4v) is 2.52. The third kappa shape index (κ3) is 2.54. The molecule has 4 heteroatoms. The molecule has 0 saturated carbocycles. The number of nitrogens with zero attached hydrogens (tertiary/aromatic N) is 1. The number of aryl methyl sites for hydroxylation is 1. The fourth-order valence-electron chi connectivity index (χ4n) is 2.52. The van der Waals surface area contributed by atoms with Gasteiger partial charge in [-0.1, -0.05) is 12.1 Å². The average Bonchev–Trinajstić information content (AvgIpc) is 3.05. The molecule has 1 amide bonds. The van der Waals surface area contributed by atoms with Crippen LogP contribution in [0, 0.1) is 6.92 Å². The topological polar surface area (TPSA) is 45.5 Å². The molecule has 2 aromatic rings. The molecule has 20 heavy (non-hydrogen) atoms. The molecule has 1 aromatic carbocycles. The molecular formula is C16H18N2O2. The lowest BCUT2D eigenvalue weighted by atomic mass is 10.2. The number of anilines is 2. The van der Waals surface area contributed by atoms with Crippen molar-refractivity contribution >= 4 is 17.3 Å². The lowest BCUT2D eigenvalue weighted by Crippen LogP contribution is -2.24. The summed E-state index contributed by atoms with van der Waals surface area (Å²) >= 11 is 0. The normalized spacial score (nSPS) is 14.8. The second-order valence-corrected chi connectivity index (χ2v) is 5.03. The molecule has 0 atom stereocenters. The summed E-state index contributed by atoms with van der Waals surface area (Å²) in [5.74, 6) is 2.00. The Morgan fingerprint density at radius 2 is 2.10 bits per heavy atom. The summed E-state index contributed by atoms with van der Waals surface area (Å²) in [5, 5.41) is 3.35. The number of nitrogens with one attached hydrogen (secondary N) is 1. The second-order valence-electron chi connectivity index (χ2n) is 5.03. The molecule has 1 fully saturated rings. The number of hydrogen-bond donors (Lipinski definition) is 1. The Hall–Kier alpha value is -2.23. The zero-order valence-electron chi connectivity index (χ0n) is 11.6. The largest absolute Gasteiger partial charge is 0.465 e. The van der Waals surface area contributed by atoms with E-state index in [1.807, 2.05) is 48.2 Å². The molecule has 0 spiro atoms. The minimum atomic E-state index is 0.202. The Labute approximate surface area is 118 Å². The molecule has 1 aliphatic heterocycles. The van der Waals surface area contributed by atoms with Gasteiger partial charge in [0.2, 0.25) is 5.91 Å². The van der Waals surface area contributed by atoms with Gasteiger partial charge in [-0.2, -0.15) is 0 Å². The van der Waals surface area contributed by atoms with E-state index < -0.39 is 0 Å². The van der Waals surface area contributed by atoms with E-state index in [2.05, 4.69) is 5.32 Å². The van der Waals surface area contributed by atoms with Crippen LogP contribution in [0.25, 0.3) is 0 Å². The van der Waals surface area contributed by atoms with Crippen molar-refractivity contribution in [3.05, 3.63) is 47.9 Å². The van der Waals surface area contributed by atoms with Gasteiger partial charge in [-0.3, -0.25) is 4.79 Å². The number of para-hydroxylation sites is 2. The van der Waals surface area contributed by atoms with Crippen LogP contribution >= 0.6 is 0 Å². The third-order valence-corrected chi connectivity index (χ3v) is 3.52. The monoisotopic (exact) mass is 270 g/mol. The Morgan fingerprint density at radius 1 is 1.25 bits per heavy atom.